The maximum absolute atomic E-state index is 12.9. The molecule has 0 fully saturated rings. The number of aromatic nitrogens is 2. The molecule has 140 valence electrons. The summed E-state index contributed by atoms with van der Waals surface area (Å²) in [6.07, 6.45) is 1.70. The summed E-state index contributed by atoms with van der Waals surface area (Å²) in [7, 11) is 3.88. The van der Waals surface area contributed by atoms with Crippen molar-refractivity contribution in [1.82, 2.24) is 10.2 Å². The van der Waals surface area contributed by atoms with E-state index in [-0.39, 0.29) is 11.7 Å². The van der Waals surface area contributed by atoms with Crippen LogP contribution in [0.5, 0.6) is 5.75 Å². The molecule has 6 heteroatoms. The van der Waals surface area contributed by atoms with Gasteiger partial charge < -0.3 is 15.3 Å². The topological polar surface area (TPSA) is 81.3 Å². The van der Waals surface area contributed by atoms with Gasteiger partial charge in [-0.15, -0.1) is 0 Å². The largest absolute Gasteiger partial charge is 0.508 e. The van der Waals surface area contributed by atoms with Crippen LogP contribution in [-0.4, -0.2) is 35.3 Å². The number of nitrogens with one attached hydrogen (secondary N) is 2. The first-order valence-electron chi connectivity index (χ1n) is 8.86. The van der Waals surface area contributed by atoms with Crippen molar-refractivity contribution < 1.29 is 9.90 Å². The second kappa shape index (κ2) is 7.08. The smallest absolute Gasteiger partial charge is 0.255 e. The van der Waals surface area contributed by atoms with Crippen molar-refractivity contribution in [2.24, 2.45) is 0 Å². The summed E-state index contributed by atoms with van der Waals surface area (Å²) < 4.78 is 0. The molecule has 28 heavy (non-hydrogen) atoms. The van der Waals surface area contributed by atoms with Gasteiger partial charge >= 0.3 is 0 Å². The number of anilines is 2. The fourth-order valence-electron chi connectivity index (χ4n) is 3.09. The van der Waals surface area contributed by atoms with Gasteiger partial charge in [-0.1, -0.05) is 18.2 Å². The van der Waals surface area contributed by atoms with E-state index < -0.39 is 0 Å². The van der Waals surface area contributed by atoms with Gasteiger partial charge in [-0.05, 0) is 53.6 Å². The summed E-state index contributed by atoms with van der Waals surface area (Å²) in [5, 5.41) is 20.4. The Morgan fingerprint density at radius 2 is 1.82 bits per heavy atom. The van der Waals surface area contributed by atoms with E-state index >= 15 is 0 Å². The van der Waals surface area contributed by atoms with Gasteiger partial charge in [-0.2, -0.15) is 5.10 Å². The van der Waals surface area contributed by atoms with E-state index in [4.69, 9.17) is 0 Å². The zero-order valence-electron chi connectivity index (χ0n) is 15.6. The minimum atomic E-state index is -0.186. The van der Waals surface area contributed by atoms with Gasteiger partial charge in [0.05, 0.1) is 17.4 Å². The van der Waals surface area contributed by atoms with E-state index in [1.807, 2.05) is 61.5 Å². The lowest BCUT2D eigenvalue weighted by Gasteiger charge is -2.14. The summed E-state index contributed by atoms with van der Waals surface area (Å²) in [6.45, 7) is 0. The van der Waals surface area contributed by atoms with Crippen molar-refractivity contribution in [3.8, 4) is 16.9 Å². The number of nitrogens with zero attached hydrogens (tertiary/aromatic N) is 2. The molecule has 0 aliphatic rings. The lowest BCUT2D eigenvalue weighted by molar-refractivity contribution is 0.102. The summed E-state index contributed by atoms with van der Waals surface area (Å²) in [4.78, 5) is 14.8. The Kier molecular flexibility index (Phi) is 4.45. The third-order valence-corrected chi connectivity index (χ3v) is 4.63. The molecule has 1 aromatic heterocycles. The Morgan fingerprint density at radius 3 is 2.57 bits per heavy atom. The van der Waals surface area contributed by atoms with Gasteiger partial charge in [-0.25, -0.2) is 0 Å². The number of H-pyrrole nitrogens is 1. The van der Waals surface area contributed by atoms with Crippen LogP contribution in [0.15, 0.2) is 66.9 Å². The SMILES string of the molecule is CN(C)c1cccc(C(=O)Nc2cc(-c3ccc(O)cc3)cc3[nH]ncc23)c1. The number of aromatic hydroxyl groups is 1. The minimum absolute atomic E-state index is 0.186. The number of benzene rings is 3. The Balaban J connectivity index is 1.72. The number of amides is 1. The molecule has 3 N–H and O–H groups in total. The minimum Gasteiger partial charge on any atom is -0.508 e. The van der Waals surface area contributed by atoms with Gasteiger partial charge in [0, 0.05) is 30.7 Å². The number of hydrogen-bond acceptors (Lipinski definition) is 4. The third kappa shape index (κ3) is 3.40. The molecule has 1 amide bonds. The van der Waals surface area contributed by atoms with Crippen LogP contribution in [-0.2, 0) is 0 Å². The monoisotopic (exact) mass is 372 g/mol. The molecular formula is C22H20N4O2. The number of fused-ring (bicyclic) bond motifs is 1. The van der Waals surface area contributed by atoms with Gasteiger partial charge in [0.1, 0.15) is 5.75 Å². The van der Waals surface area contributed by atoms with E-state index in [2.05, 4.69) is 15.5 Å². The first-order chi connectivity index (χ1) is 13.5. The fourth-order valence-corrected chi connectivity index (χ4v) is 3.09. The second-order valence-electron chi connectivity index (χ2n) is 6.80. The normalized spacial score (nSPS) is 10.8. The molecule has 0 saturated carbocycles. The first kappa shape index (κ1) is 17.6. The molecule has 1 heterocycles. The molecule has 0 aliphatic carbocycles. The number of phenols is 1. The van der Waals surface area contributed by atoms with Gasteiger partial charge in [0.15, 0.2) is 0 Å². The lowest BCUT2D eigenvalue weighted by atomic mass is 10.0. The highest BCUT2D eigenvalue weighted by Crippen LogP contribution is 2.31. The van der Waals surface area contributed by atoms with Crippen molar-refractivity contribution in [3.05, 3.63) is 72.4 Å². The van der Waals surface area contributed by atoms with Crippen molar-refractivity contribution in [1.29, 1.82) is 0 Å². The van der Waals surface area contributed by atoms with Crippen LogP contribution in [0, 0.1) is 0 Å². The van der Waals surface area contributed by atoms with Crippen LogP contribution in [0.1, 0.15) is 10.4 Å². The number of rotatable bonds is 4. The van der Waals surface area contributed by atoms with E-state index in [0.29, 0.717) is 11.3 Å². The van der Waals surface area contributed by atoms with Crippen molar-refractivity contribution >= 4 is 28.2 Å². The molecule has 0 atom stereocenters. The van der Waals surface area contributed by atoms with Crippen LogP contribution >= 0.6 is 0 Å². The Morgan fingerprint density at radius 1 is 1.04 bits per heavy atom. The molecule has 6 nitrogen and oxygen atoms in total. The summed E-state index contributed by atoms with van der Waals surface area (Å²) in [6, 6.07) is 18.3. The van der Waals surface area contributed by atoms with Gasteiger partial charge in [0.2, 0.25) is 0 Å². The number of carbonyl (C=O) groups is 1. The average molecular weight is 372 g/mol. The van der Waals surface area contributed by atoms with E-state index in [9.17, 15) is 9.90 Å². The molecule has 4 aromatic rings. The first-order valence-corrected chi connectivity index (χ1v) is 8.86. The van der Waals surface area contributed by atoms with Crippen molar-refractivity contribution in [2.45, 2.75) is 0 Å². The molecule has 0 radical (unpaired) electrons. The standard InChI is InChI=1S/C22H20N4O2/c1-26(2)17-5-3-4-15(10-17)22(28)24-20-11-16(12-21-19(20)13-23-25-21)14-6-8-18(27)9-7-14/h3-13,27H,1-2H3,(H,23,25)(H,24,28). The molecule has 3 aromatic carbocycles. The highest BCUT2D eigenvalue weighted by Gasteiger charge is 2.13. The number of aromatic amines is 1. The molecule has 0 aliphatic heterocycles. The molecule has 0 unspecified atom stereocenters. The Hall–Kier alpha value is -3.80. The second-order valence-corrected chi connectivity index (χ2v) is 6.80. The molecule has 0 bridgehead atoms. The quantitative estimate of drug-likeness (QED) is 0.500. The summed E-state index contributed by atoms with van der Waals surface area (Å²) >= 11 is 0. The van der Waals surface area contributed by atoms with Crippen LogP contribution in [0.4, 0.5) is 11.4 Å². The molecule has 0 spiro atoms. The molecule has 0 saturated heterocycles. The zero-order valence-corrected chi connectivity index (χ0v) is 15.6. The van der Waals surface area contributed by atoms with E-state index in [0.717, 1.165) is 27.7 Å². The highest BCUT2D eigenvalue weighted by molar-refractivity contribution is 6.10. The van der Waals surface area contributed by atoms with Crippen LogP contribution in [0.25, 0.3) is 22.0 Å². The zero-order chi connectivity index (χ0) is 19.7. The fraction of sp³-hybridized carbons (Fsp3) is 0.0909. The lowest BCUT2D eigenvalue weighted by Crippen LogP contribution is -2.14. The molecular weight excluding hydrogens is 352 g/mol. The predicted octanol–water partition coefficient (Wildman–Crippen LogP) is 4.25. The van der Waals surface area contributed by atoms with Crippen molar-refractivity contribution in [3.63, 3.8) is 0 Å². The Bertz CT molecular complexity index is 1150. The highest BCUT2D eigenvalue weighted by atomic mass is 16.3. The maximum atomic E-state index is 12.9. The van der Waals surface area contributed by atoms with Gasteiger partial charge in [-0.3, -0.25) is 9.89 Å². The van der Waals surface area contributed by atoms with Crippen LogP contribution in [0.2, 0.25) is 0 Å². The van der Waals surface area contributed by atoms with Crippen molar-refractivity contribution in [2.75, 3.05) is 24.3 Å². The summed E-state index contributed by atoms with van der Waals surface area (Å²) in [5.74, 6) is 0.0229. The Labute approximate surface area is 162 Å². The van der Waals surface area contributed by atoms with Gasteiger partial charge in [0.25, 0.3) is 5.91 Å². The van der Waals surface area contributed by atoms with E-state index in [1.165, 1.54) is 0 Å². The average Bonchev–Trinajstić information content (AvgIpc) is 3.17. The third-order valence-electron chi connectivity index (χ3n) is 4.63. The number of phenolic OH excluding ortho intramolecular Hbond substituents is 1. The number of hydrogen-bond donors (Lipinski definition) is 3. The summed E-state index contributed by atoms with van der Waals surface area (Å²) in [5.41, 5.74) is 4.88. The maximum Gasteiger partial charge on any atom is 0.255 e. The van der Waals surface area contributed by atoms with Crippen LogP contribution in [0.3, 0.4) is 0 Å². The predicted molar refractivity (Wildman–Crippen MR) is 112 cm³/mol. The molecule has 4 rings (SSSR count). The number of carbonyl (C=O) groups excluding carboxylic acids is 1. The van der Waals surface area contributed by atoms with E-state index in [1.54, 1.807) is 24.4 Å². The van der Waals surface area contributed by atoms with Crippen LogP contribution < -0.4 is 10.2 Å².